The maximum atomic E-state index is 12.7. The fourth-order valence-corrected chi connectivity index (χ4v) is 3.74. The number of carbonyl (C=O) groups excluding carboxylic acids is 1. The topological polar surface area (TPSA) is 55.1 Å². The zero-order valence-corrected chi connectivity index (χ0v) is 18.2. The fourth-order valence-electron chi connectivity index (χ4n) is 3.49. The molecule has 0 saturated heterocycles. The molecule has 2 aromatic carbocycles. The van der Waals surface area contributed by atoms with E-state index < -0.39 is 0 Å². The zero-order chi connectivity index (χ0) is 21.0. The number of hydrogen-bond acceptors (Lipinski definition) is 3. The zero-order valence-electron chi connectivity index (χ0n) is 16.7. The Balaban J connectivity index is 1.77. The van der Waals surface area contributed by atoms with Crippen LogP contribution < -0.4 is 5.32 Å². The van der Waals surface area contributed by atoms with Gasteiger partial charge in [0.1, 0.15) is 5.76 Å². The van der Waals surface area contributed by atoms with Gasteiger partial charge in [-0.2, -0.15) is 0 Å². The van der Waals surface area contributed by atoms with E-state index in [1.807, 2.05) is 69.3 Å². The van der Waals surface area contributed by atoms with Crippen LogP contribution in [-0.2, 0) is 17.6 Å². The summed E-state index contributed by atoms with van der Waals surface area (Å²) in [6.07, 6.45) is 1.02. The Morgan fingerprint density at radius 3 is 2.17 bits per heavy atom. The monoisotopic (exact) mass is 430 g/mol. The summed E-state index contributed by atoms with van der Waals surface area (Å²) in [5.41, 5.74) is 3.87. The van der Waals surface area contributed by atoms with Crippen molar-refractivity contribution >= 4 is 29.1 Å². The molecule has 1 heterocycles. The molecule has 29 heavy (non-hydrogen) atoms. The Bertz CT molecular complexity index is 946. The maximum absolute atomic E-state index is 12.7. The molecular weight excluding hydrogens is 407 g/mol. The predicted octanol–water partition coefficient (Wildman–Crippen LogP) is 5.67. The van der Waals surface area contributed by atoms with Gasteiger partial charge >= 0.3 is 0 Å². The minimum Gasteiger partial charge on any atom is -0.361 e. The van der Waals surface area contributed by atoms with Crippen LogP contribution in [0, 0.1) is 13.8 Å². The summed E-state index contributed by atoms with van der Waals surface area (Å²) in [5.74, 6) is 0.713. The van der Waals surface area contributed by atoms with Crippen molar-refractivity contribution in [2.45, 2.75) is 45.6 Å². The number of halogens is 2. The largest absolute Gasteiger partial charge is 0.361 e. The predicted molar refractivity (Wildman–Crippen MR) is 117 cm³/mol. The van der Waals surface area contributed by atoms with Crippen molar-refractivity contribution in [2.24, 2.45) is 0 Å². The highest BCUT2D eigenvalue weighted by molar-refractivity contribution is 6.30. The lowest BCUT2D eigenvalue weighted by Gasteiger charge is -2.26. The molecule has 2 unspecified atom stereocenters. The van der Waals surface area contributed by atoms with Crippen LogP contribution in [0.2, 0.25) is 10.0 Å². The van der Waals surface area contributed by atoms with Gasteiger partial charge in [-0.15, -0.1) is 0 Å². The van der Waals surface area contributed by atoms with Crippen LogP contribution >= 0.6 is 23.2 Å². The van der Waals surface area contributed by atoms with E-state index in [2.05, 4.69) is 10.5 Å². The van der Waals surface area contributed by atoms with E-state index >= 15 is 0 Å². The lowest BCUT2D eigenvalue weighted by molar-refractivity contribution is -0.121. The molecule has 6 heteroatoms. The maximum Gasteiger partial charge on any atom is 0.224 e. The van der Waals surface area contributed by atoms with Crippen molar-refractivity contribution in [2.75, 3.05) is 0 Å². The second-order valence-corrected chi connectivity index (χ2v) is 8.20. The van der Waals surface area contributed by atoms with Crippen molar-refractivity contribution in [3.8, 4) is 0 Å². The molecule has 2 atom stereocenters. The Kier molecular flexibility index (Phi) is 6.99. The molecule has 1 aromatic heterocycles. The number of nitrogens with zero attached hydrogens (tertiary/aromatic N) is 1. The number of carbonyl (C=O) groups is 1. The molecule has 3 rings (SSSR count). The summed E-state index contributed by atoms with van der Waals surface area (Å²) in [6, 6.07) is 15.5. The van der Waals surface area contributed by atoms with Gasteiger partial charge in [0.25, 0.3) is 0 Å². The van der Waals surface area contributed by atoms with Crippen molar-refractivity contribution in [1.82, 2.24) is 10.5 Å². The molecule has 0 aliphatic heterocycles. The summed E-state index contributed by atoms with van der Waals surface area (Å²) in [6.45, 7) is 5.70. The standard InChI is InChI=1S/C23H24Cl2N2O2/c1-14(26-23(28)13-21-15(2)27-29-16(21)3)22(18-6-10-20(25)11-7-18)12-17-4-8-19(24)9-5-17/h4-11,14,22H,12-13H2,1-3H3,(H,26,28). The first-order valence-corrected chi connectivity index (χ1v) is 10.3. The average molecular weight is 431 g/mol. The molecule has 0 spiro atoms. The average Bonchev–Trinajstić information content (AvgIpc) is 3.00. The minimum atomic E-state index is -0.0835. The highest BCUT2D eigenvalue weighted by Crippen LogP contribution is 2.27. The van der Waals surface area contributed by atoms with Gasteiger partial charge in [-0.25, -0.2) is 0 Å². The Morgan fingerprint density at radius 1 is 1.03 bits per heavy atom. The van der Waals surface area contributed by atoms with Crippen LogP contribution in [0.15, 0.2) is 53.1 Å². The van der Waals surface area contributed by atoms with Gasteiger partial charge in [0.2, 0.25) is 5.91 Å². The number of benzene rings is 2. The summed E-state index contributed by atoms with van der Waals surface area (Å²) in [7, 11) is 0. The van der Waals surface area contributed by atoms with Crippen LogP contribution in [0.25, 0.3) is 0 Å². The van der Waals surface area contributed by atoms with E-state index in [0.717, 1.165) is 28.8 Å². The Morgan fingerprint density at radius 2 is 1.62 bits per heavy atom. The molecule has 0 aliphatic carbocycles. The minimum absolute atomic E-state index is 0.0537. The molecule has 0 saturated carbocycles. The quantitative estimate of drug-likeness (QED) is 0.524. The molecule has 0 fully saturated rings. The van der Waals surface area contributed by atoms with Crippen LogP contribution in [0.3, 0.4) is 0 Å². The fraction of sp³-hybridized carbons (Fsp3) is 0.304. The molecule has 3 aromatic rings. The SMILES string of the molecule is Cc1noc(C)c1CC(=O)NC(C)C(Cc1ccc(Cl)cc1)c1ccc(Cl)cc1. The lowest BCUT2D eigenvalue weighted by atomic mass is 9.86. The van der Waals surface area contributed by atoms with Gasteiger partial charge < -0.3 is 9.84 Å². The van der Waals surface area contributed by atoms with Crippen molar-refractivity contribution < 1.29 is 9.32 Å². The van der Waals surface area contributed by atoms with E-state index in [-0.39, 0.29) is 24.3 Å². The summed E-state index contributed by atoms with van der Waals surface area (Å²) in [5, 5.41) is 8.47. The third-order valence-electron chi connectivity index (χ3n) is 5.18. The lowest BCUT2D eigenvalue weighted by Crippen LogP contribution is -2.38. The van der Waals surface area contributed by atoms with E-state index in [4.69, 9.17) is 27.7 Å². The first-order chi connectivity index (χ1) is 13.8. The number of nitrogens with one attached hydrogen (secondary N) is 1. The van der Waals surface area contributed by atoms with Crippen molar-refractivity contribution in [3.63, 3.8) is 0 Å². The van der Waals surface area contributed by atoms with E-state index in [1.165, 1.54) is 0 Å². The molecule has 0 bridgehead atoms. The van der Waals surface area contributed by atoms with Crippen LogP contribution in [0.1, 0.15) is 41.0 Å². The van der Waals surface area contributed by atoms with E-state index in [0.29, 0.717) is 15.8 Å². The van der Waals surface area contributed by atoms with Crippen molar-refractivity contribution in [1.29, 1.82) is 0 Å². The highest BCUT2D eigenvalue weighted by Gasteiger charge is 2.23. The summed E-state index contributed by atoms with van der Waals surface area (Å²) < 4.78 is 5.16. The smallest absolute Gasteiger partial charge is 0.224 e. The van der Waals surface area contributed by atoms with Gasteiger partial charge in [0.15, 0.2) is 0 Å². The number of aryl methyl sites for hydroxylation is 2. The molecule has 4 nitrogen and oxygen atoms in total. The van der Waals surface area contributed by atoms with Gasteiger partial charge in [-0.05, 0) is 62.6 Å². The van der Waals surface area contributed by atoms with Gasteiger partial charge in [-0.1, -0.05) is 52.6 Å². The summed E-state index contributed by atoms with van der Waals surface area (Å²) in [4.78, 5) is 12.7. The van der Waals surface area contributed by atoms with Gasteiger partial charge in [0.05, 0.1) is 12.1 Å². The number of hydrogen-bond donors (Lipinski definition) is 1. The Hall–Kier alpha value is -2.30. The molecule has 1 N–H and O–H groups in total. The highest BCUT2D eigenvalue weighted by atomic mass is 35.5. The van der Waals surface area contributed by atoms with Crippen LogP contribution in [0.5, 0.6) is 0 Å². The first-order valence-electron chi connectivity index (χ1n) is 9.54. The van der Waals surface area contributed by atoms with Crippen LogP contribution in [0.4, 0.5) is 0 Å². The number of rotatable bonds is 7. The van der Waals surface area contributed by atoms with E-state index in [9.17, 15) is 4.79 Å². The van der Waals surface area contributed by atoms with Gasteiger partial charge in [-0.3, -0.25) is 4.79 Å². The molecule has 0 radical (unpaired) electrons. The third-order valence-corrected chi connectivity index (χ3v) is 5.68. The molecular formula is C23H24Cl2N2O2. The van der Waals surface area contributed by atoms with Gasteiger partial charge in [0, 0.05) is 27.6 Å². The summed E-state index contributed by atoms with van der Waals surface area (Å²) >= 11 is 12.1. The van der Waals surface area contributed by atoms with Crippen molar-refractivity contribution in [3.05, 3.63) is 86.7 Å². The second kappa shape index (κ2) is 9.47. The normalized spacial score (nSPS) is 13.1. The van der Waals surface area contributed by atoms with E-state index in [1.54, 1.807) is 0 Å². The molecule has 0 aliphatic rings. The first kappa shape index (κ1) is 21.4. The Labute approximate surface area is 181 Å². The molecule has 1 amide bonds. The third kappa shape index (κ3) is 5.62. The number of amides is 1. The second-order valence-electron chi connectivity index (χ2n) is 7.32. The number of aromatic nitrogens is 1. The van der Waals surface area contributed by atoms with Crippen LogP contribution in [-0.4, -0.2) is 17.1 Å². The molecule has 152 valence electrons.